The summed E-state index contributed by atoms with van der Waals surface area (Å²) in [6.07, 6.45) is 1.61. The molecular formula is C26H37N5O6. The fourth-order valence-electron chi connectivity index (χ4n) is 4.34. The quantitative estimate of drug-likeness (QED) is 0.466. The van der Waals surface area contributed by atoms with E-state index >= 15 is 0 Å². The van der Waals surface area contributed by atoms with Crippen molar-refractivity contribution in [1.29, 1.82) is 0 Å². The van der Waals surface area contributed by atoms with Gasteiger partial charge in [-0.15, -0.1) is 0 Å². The number of hydrogen-bond donors (Lipinski definition) is 3. The number of likely N-dealkylation sites (tertiary alicyclic amines) is 1. The molecule has 3 rings (SSSR count). The number of carbonyl (C=O) groups is 5. The van der Waals surface area contributed by atoms with Gasteiger partial charge in [0, 0.05) is 33.1 Å². The second-order valence-electron chi connectivity index (χ2n) is 9.75. The van der Waals surface area contributed by atoms with Crippen LogP contribution in [0.25, 0.3) is 0 Å². The zero-order valence-corrected chi connectivity index (χ0v) is 21.7. The van der Waals surface area contributed by atoms with Gasteiger partial charge in [-0.2, -0.15) is 0 Å². The standard InChI is InChI=1S/C26H37N5O6/c1-17(2)23-26(36)30(3)14-15-37-20-9-5-4-8-18(20)24(34)28-19(16-21(32)29-23)25(35)27-11-7-13-31-12-6-10-22(31)33/h4-5,8-9,17,19,23H,6-7,10-16H2,1-3H3,(H,27,35)(H,28,34)(H,29,32)/t19-,23-/m0/s1. The Morgan fingerprint density at radius 1 is 1.14 bits per heavy atom. The molecule has 3 N–H and O–H groups in total. The molecule has 2 aliphatic rings. The van der Waals surface area contributed by atoms with Crippen LogP contribution in [0.1, 0.15) is 49.9 Å². The van der Waals surface area contributed by atoms with E-state index in [4.69, 9.17) is 4.74 Å². The van der Waals surface area contributed by atoms with E-state index < -0.39 is 29.8 Å². The van der Waals surface area contributed by atoms with Crippen molar-refractivity contribution in [2.75, 3.05) is 39.8 Å². The fourth-order valence-corrected chi connectivity index (χ4v) is 4.34. The summed E-state index contributed by atoms with van der Waals surface area (Å²) in [5.41, 5.74) is 0.222. The topological polar surface area (TPSA) is 137 Å². The number of rotatable bonds is 6. The molecular weight excluding hydrogens is 478 g/mol. The zero-order chi connectivity index (χ0) is 26.9. The third-order valence-electron chi connectivity index (χ3n) is 6.53. The van der Waals surface area contributed by atoms with Crippen molar-refractivity contribution in [1.82, 2.24) is 25.8 Å². The Morgan fingerprint density at radius 3 is 2.59 bits per heavy atom. The van der Waals surface area contributed by atoms with E-state index in [0.29, 0.717) is 25.1 Å². The predicted molar refractivity (Wildman–Crippen MR) is 136 cm³/mol. The number of ether oxygens (including phenoxy) is 1. The normalized spacial score (nSPS) is 21.6. The van der Waals surface area contributed by atoms with Crippen LogP contribution < -0.4 is 20.7 Å². The lowest BCUT2D eigenvalue weighted by atomic mass is 10.0. The van der Waals surface area contributed by atoms with Crippen LogP contribution in [0.3, 0.4) is 0 Å². The number of amides is 5. The third-order valence-corrected chi connectivity index (χ3v) is 6.53. The van der Waals surface area contributed by atoms with Gasteiger partial charge in [-0.1, -0.05) is 26.0 Å². The number of carbonyl (C=O) groups excluding carboxylic acids is 5. The highest BCUT2D eigenvalue weighted by Gasteiger charge is 2.31. The van der Waals surface area contributed by atoms with Crippen LogP contribution in [-0.4, -0.2) is 91.3 Å². The average Bonchev–Trinajstić information content (AvgIpc) is 3.28. The van der Waals surface area contributed by atoms with Crippen LogP contribution in [0.5, 0.6) is 5.75 Å². The van der Waals surface area contributed by atoms with Crippen molar-refractivity contribution in [3.05, 3.63) is 29.8 Å². The second kappa shape index (κ2) is 13.1. The highest BCUT2D eigenvalue weighted by atomic mass is 16.5. The SMILES string of the molecule is CC(C)[C@@H]1NC(=O)C[C@@H](C(=O)NCCCN2CCCC2=O)NC(=O)c2ccccc2OCCN(C)C1=O. The lowest BCUT2D eigenvalue weighted by molar-refractivity contribution is -0.137. The maximum Gasteiger partial charge on any atom is 0.255 e. The fraction of sp³-hybridized carbons (Fsp3) is 0.577. The average molecular weight is 516 g/mol. The first-order valence-corrected chi connectivity index (χ1v) is 12.8. The summed E-state index contributed by atoms with van der Waals surface area (Å²) >= 11 is 0. The Kier molecular flexibility index (Phi) is 9.87. The van der Waals surface area contributed by atoms with Crippen molar-refractivity contribution >= 4 is 29.5 Å². The molecule has 1 saturated heterocycles. The van der Waals surface area contributed by atoms with E-state index in [-0.39, 0.29) is 49.4 Å². The van der Waals surface area contributed by atoms with E-state index in [0.717, 1.165) is 13.0 Å². The summed E-state index contributed by atoms with van der Waals surface area (Å²) in [4.78, 5) is 67.1. The van der Waals surface area contributed by atoms with Crippen LogP contribution in [0.2, 0.25) is 0 Å². The highest BCUT2D eigenvalue weighted by Crippen LogP contribution is 2.19. The van der Waals surface area contributed by atoms with Crippen LogP contribution in [-0.2, 0) is 19.2 Å². The van der Waals surface area contributed by atoms with Crippen LogP contribution in [0.4, 0.5) is 0 Å². The first-order chi connectivity index (χ1) is 17.7. The largest absolute Gasteiger partial charge is 0.491 e. The number of para-hydroxylation sites is 1. The summed E-state index contributed by atoms with van der Waals surface area (Å²) in [5.74, 6) is -1.62. The maximum atomic E-state index is 13.1. The van der Waals surface area contributed by atoms with Crippen LogP contribution in [0.15, 0.2) is 24.3 Å². The molecule has 0 aromatic heterocycles. The van der Waals surface area contributed by atoms with Crippen LogP contribution in [0, 0.1) is 5.92 Å². The Hall–Kier alpha value is -3.63. The Bertz CT molecular complexity index is 1010. The number of nitrogens with one attached hydrogen (secondary N) is 3. The minimum absolute atomic E-state index is 0.113. The van der Waals surface area contributed by atoms with E-state index in [1.807, 2.05) is 13.8 Å². The second-order valence-corrected chi connectivity index (χ2v) is 9.75. The smallest absolute Gasteiger partial charge is 0.255 e. The summed E-state index contributed by atoms with van der Waals surface area (Å²) < 4.78 is 5.80. The minimum Gasteiger partial charge on any atom is -0.491 e. The molecule has 0 spiro atoms. The van der Waals surface area contributed by atoms with Crippen LogP contribution >= 0.6 is 0 Å². The lowest BCUT2D eigenvalue weighted by Gasteiger charge is -2.28. The van der Waals surface area contributed by atoms with Gasteiger partial charge in [-0.3, -0.25) is 24.0 Å². The number of hydrogen-bond acceptors (Lipinski definition) is 6. The lowest BCUT2D eigenvalue weighted by Crippen LogP contribution is -2.54. The van der Waals surface area contributed by atoms with Gasteiger partial charge in [-0.05, 0) is 30.9 Å². The molecule has 0 bridgehead atoms. The molecule has 1 fully saturated rings. The van der Waals surface area contributed by atoms with E-state index in [1.54, 1.807) is 36.2 Å². The number of nitrogens with zero attached hydrogens (tertiary/aromatic N) is 2. The van der Waals surface area contributed by atoms with Crippen molar-refractivity contribution in [3.63, 3.8) is 0 Å². The molecule has 202 valence electrons. The van der Waals surface area contributed by atoms with E-state index in [1.165, 1.54) is 4.90 Å². The van der Waals surface area contributed by atoms with E-state index in [9.17, 15) is 24.0 Å². The van der Waals surface area contributed by atoms with Gasteiger partial charge in [0.1, 0.15) is 24.4 Å². The third kappa shape index (κ3) is 7.68. The number of fused-ring (bicyclic) bond motifs is 1. The van der Waals surface area contributed by atoms with Gasteiger partial charge in [0.2, 0.25) is 23.6 Å². The first-order valence-electron chi connectivity index (χ1n) is 12.8. The Labute approximate surface area is 217 Å². The van der Waals surface area contributed by atoms with Crippen molar-refractivity contribution in [3.8, 4) is 5.75 Å². The summed E-state index contributed by atoms with van der Waals surface area (Å²) in [5, 5.41) is 8.15. The van der Waals surface area contributed by atoms with E-state index in [2.05, 4.69) is 16.0 Å². The van der Waals surface area contributed by atoms with Crippen molar-refractivity contribution in [2.24, 2.45) is 5.92 Å². The van der Waals surface area contributed by atoms with Gasteiger partial charge in [0.15, 0.2) is 0 Å². The first kappa shape index (κ1) is 27.9. The summed E-state index contributed by atoms with van der Waals surface area (Å²) in [6, 6.07) is 4.66. The molecule has 0 radical (unpaired) electrons. The molecule has 1 aromatic rings. The number of likely N-dealkylation sites (N-methyl/N-ethyl adjacent to an activating group) is 1. The Morgan fingerprint density at radius 2 is 1.89 bits per heavy atom. The predicted octanol–water partition coefficient (Wildman–Crippen LogP) is 0.295. The molecule has 2 aliphatic heterocycles. The molecule has 37 heavy (non-hydrogen) atoms. The summed E-state index contributed by atoms with van der Waals surface area (Å²) in [7, 11) is 1.63. The number of benzene rings is 1. The molecule has 1 aromatic carbocycles. The monoisotopic (exact) mass is 515 g/mol. The van der Waals surface area contributed by atoms with Gasteiger partial charge in [0.05, 0.1) is 18.5 Å². The zero-order valence-electron chi connectivity index (χ0n) is 21.7. The maximum absolute atomic E-state index is 13.1. The molecule has 11 heteroatoms. The highest BCUT2D eigenvalue weighted by molar-refractivity contribution is 6.01. The molecule has 0 saturated carbocycles. The Balaban J connectivity index is 1.75. The van der Waals surface area contributed by atoms with Gasteiger partial charge in [-0.25, -0.2) is 0 Å². The molecule has 5 amide bonds. The molecule has 2 heterocycles. The molecule has 2 atom stereocenters. The summed E-state index contributed by atoms with van der Waals surface area (Å²) in [6.45, 7) is 5.60. The minimum atomic E-state index is -1.17. The molecule has 0 unspecified atom stereocenters. The molecule has 11 nitrogen and oxygen atoms in total. The van der Waals surface area contributed by atoms with Crippen molar-refractivity contribution in [2.45, 2.75) is 51.6 Å². The van der Waals surface area contributed by atoms with Gasteiger partial charge in [0.25, 0.3) is 5.91 Å². The van der Waals surface area contributed by atoms with Gasteiger partial charge >= 0.3 is 0 Å². The van der Waals surface area contributed by atoms with Gasteiger partial charge < -0.3 is 30.5 Å². The molecule has 0 aliphatic carbocycles. The van der Waals surface area contributed by atoms with Crippen molar-refractivity contribution < 1.29 is 28.7 Å².